The second-order valence-corrected chi connectivity index (χ2v) is 14.3. The van der Waals surface area contributed by atoms with Crippen LogP contribution < -0.4 is 14.4 Å². The number of nitrogens with zero attached hydrogens (tertiary/aromatic N) is 2. The SMILES string of the molecule is CCCCNC(=O)[C@H](Cc1ccccc1)N(Cc1cccc(Cl)c1)C(=O)CN(c1ccccc1OCC)S(=O)(=O)c1ccc(SC)cc1. The van der Waals surface area contributed by atoms with Crippen molar-refractivity contribution < 1.29 is 22.7 Å². The first-order chi connectivity index (χ1) is 23.2. The van der Waals surface area contributed by atoms with Gasteiger partial charge in [0.15, 0.2) is 0 Å². The van der Waals surface area contributed by atoms with Gasteiger partial charge in [0.2, 0.25) is 11.8 Å². The second kappa shape index (κ2) is 18.0. The number of nitrogens with one attached hydrogen (secondary N) is 1. The lowest BCUT2D eigenvalue weighted by molar-refractivity contribution is -0.140. The molecule has 0 aromatic heterocycles. The molecule has 0 bridgehead atoms. The molecule has 0 radical (unpaired) electrons. The molecule has 0 fully saturated rings. The summed E-state index contributed by atoms with van der Waals surface area (Å²) in [6.07, 6.45) is 3.80. The molecular formula is C37H42ClN3O5S2. The number of hydrogen-bond acceptors (Lipinski definition) is 6. The van der Waals surface area contributed by atoms with E-state index in [2.05, 4.69) is 5.32 Å². The average Bonchev–Trinajstić information content (AvgIpc) is 3.09. The Kier molecular flexibility index (Phi) is 13.8. The van der Waals surface area contributed by atoms with Crippen molar-refractivity contribution >= 4 is 50.9 Å². The van der Waals surface area contributed by atoms with Crippen molar-refractivity contribution in [2.24, 2.45) is 0 Å². The van der Waals surface area contributed by atoms with Gasteiger partial charge in [-0.25, -0.2) is 8.42 Å². The Morgan fingerprint density at radius 3 is 2.25 bits per heavy atom. The number of benzene rings is 4. The summed E-state index contributed by atoms with van der Waals surface area (Å²) in [5.41, 5.74) is 1.78. The third-order valence-electron chi connectivity index (χ3n) is 7.70. The number of ether oxygens (including phenoxy) is 1. The predicted molar refractivity (Wildman–Crippen MR) is 194 cm³/mol. The molecule has 0 saturated heterocycles. The van der Waals surface area contributed by atoms with E-state index in [4.69, 9.17) is 16.3 Å². The number of carbonyl (C=O) groups excluding carboxylic acids is 2. The normalized spacial score (nSPS) is 11.8. The maximum absolute atomic E-state index is 14.7. The fraction of sp³-hybridized carbons (Fsp3) is 0.297. The minimum absolute atomic E-state index is 0.0268. The van der Waals surface area contributed by atoms with Crippen LogP contribution in [0.1, 0.15) is 37.8 Å². The van der Waals surface area contributed by atoms with E-state index in [0.717, 1.165) is 27.6 Å². The van der Waals surface area contributed by atoms with Crippen LogP contribution in [0.3, 0.4) is 0 Å². The lowest BCUT2D eigenvalue weighted by Crippen LogP contribution is -2.53. The van der Waals surface area contributed by atoms with Crippen LogP contribution in [0.4, 0.5) is 5.69 Å². The van der Waals surface area contributed by atoms with Gasteiger partial charge in [-0.1, -0.05) is 79.5 Å². The average molecular weight is 708 g/mol. The Labute approximate surface area is 293 Å². The third kappa shape index (κ3) is 9.78. The first-order valence-corrected chi connectivity index (χ1v) is 19.0. The molecule has 0 aliphatic rings. The number of rotatable bonds is 17. The van der Waals surface area contributed by atoms with Gasteiger partial charge in [0.1, 0.15) is 18.3 Å². The topological polar surface area (TPSA) is 96.0 Å². The molecule has 8 nitrogen and oxygen atoms in total. The van der Waals surface area contributed by atoms with Gasteiger partial charge in [-0.05, 0) is 79.3 Å². The van der Waals surface area contributed by atoms with Gasteiger partial charge in [-0.15, -0.1) is 11.8 Å². The van der Waals surface area contributed by atoms with Gasteiger partial charge < -0.3 is 15.0 Å². The van der Waals surface area contributed by atoms with E-state index in [-0.39, 0.29) is 29.5 Å². The van der Waals surface area contributed by atoms with Gasteiger partial charge >= 0.3 is 0 Å². The quantitative estimate of drug-likeness (QED) is 0.0921. The molecule has 4 aromatic rings. The van der Waals surface area contributed by atoms with Crippen molar-refractivity contribution in [1.82, 2.24) is 10.2 Å². The fourth-order valence-corrected chi connectivity index (χ4v) is 7.27. The molecule has 1 atom stereocenters. The third-order valence-corrected chi connectivity index (χ3v) is 10.5. The standard InChI is InChI=1S/C37H42ClN3O5S2/c1-4-6-23-39-37(43)34(25-28-13-8-7-9-14-28)40(26-29-15-12-16-30(38)24-29)36(42)27-41(33-17-10-11-18-35(33)46-5-2)48(44,45)32-21-19-31(47-3)20-22-32/h7-22,24,34H,4-6,23,25-27H2,1-3H3,(H,39,43)/t34-/m0/s1. The molecule has 11 heteroatoms. The number of sulfonamides is 1. The summed E-state index contributed by atoms with van der Waals surface area (Å²) in [6, 6.07) is 28.9. The molecule has 4 aromatic carbocycles. The number of carbonyl (C=O) groups is 2. The van der Waals surface area contributed by atoms with Crippen LogP contribution in [0.5, 0.6) is 5.75 Å². The monoisotopic (exact) mass is 707 g/mol. The zero-order valence-electron chi connectivity index (χ0n) is 27.5. The number of para-hydroxylation sites is 2. The highest BCUT2D eigenvalue weighted by atomic mass is 35.5. The Morgan fingerprint density at radius 2 is 1.58 bits per heavy atom. The van der Waals surface area contributed by atoms with E-state index in [1.54, 1.807) is 61.5 Å². The van der Waals surface area contributed by atoms with Crippen molar-refractivity contribution in [3.05, 3.63) is 119 Å². The maximum Gasteiger partial charge on any atom is 0.264 e. The minimum Gasteiger partial charge on any atom is -0.492 e. The summed E-state index contributed by atoms with van der Waals surface area (Å²) < 4.78 is 35.8. The zero-order chi connectivity index (χ0) is 34.5. The van der Waals surface area contributed by atoms with Gasteiger partial charge in [0.25, 0.3) is 10.0 Å². The van der Waals surface area contributed by atoms with Crippen molar-refractivity contribution in [3.8, 4) is 5.75 Å². The molecule has 48 heavy (non-hydrogen) atoms. The summed E-state index contributed by atoms with van der Waals surface area (Å²) in [7, 11) is -4.28. The van der Waals surface area contributed by atoms with Crippen molar-refractivity contribution in [3.63, 3.8) is 0 Å². The van der Waals surface area contributed by atoms with E-state index in [0.29, 0.717) is 29.5 Å². The molecule has 0 aliphatic carbocycles. The number of hydrogen-bond donors (Lipinski definition) is 1. The van der Waals surface area contributed by atoms with Crippen LogP contribution in [-0.4, -0.2) is 57.1 Å². The van der Waals surface area contributed by atoms with Crippen LogP contribution >= 0.6 is 23.4 Å². The molecule has 0 saturated carbocycles. The number of amides is 2. The van der Waals surface area contributed by atoms with Crippen LogP contribution in [0, 0.1) is 0 Å². The number of halogens is 1. The van der Waals surface area contributed by atoms with E-state index in [1.165, 1.54) is 28.8 Å². The van der Waals surface area contributed by atoms with E-state index < -0.39 is 28.5 Å². The summed E-state index contributed by atoms with van der Waals surface area (Å²) in [4.78, 5) is 31.0. The maximum atomic E-state index is 14.7. The summed E-state index contributed by atoms with van der Waals surface area (Å²) in [6.45, 7) is 4.03. The van der Waals surface area contributed by atoms with Gasteiger partial charge in [0, 0.05) is 29.4 Å². The van der Waals surface area contributed by atoms with Crippen molar-refractivity contribution in [2.75, 3.05) is 30.3 Å². The fourth-order valence-electron chi connectivity index (χ4n) is 5.22. The number of anilines is 1. The Morgan fingerprint density at radius 1 is 0.896 bits per heavy atom. The molecule has 254 valence electrons. The molecule has 1 N–H and O–H groups in total. The summed E-state index contributed by atoms with van der Waals surface area (Å²) >= 11 is 7.83. The van der Waals surface area contributed by atoms with E-state index >= 15 is 0 Å². The zero-order valence-corrected chi connectivity index (χ0v) is 29.9. The van der Waals surface area contributed by atoms with Crippen LogP contribution in [0.25, 0.3) is 0 Å². The molecular weight excluding hydrogens is 666 g/mol. The van der Waals surface area contributed by atoms with E-state index in [9.17, 15) is 18.0 Å². The van der Waals surface area contributed by atoms with Gasteiger partial charge in [0.05, 0.1) is 17.2 Å². The van der Waals surface area contributed by atoms with Crippen LogP contribution in [0.15, 0.2) is 113 Å². The molecule has 2 amide bonds. The van der Waals surface area contributed by atoms with Gasteiger partial charge in [-0.3, -0.25) is 13.9 Å². The highest BCUT2D eigenvalue weighted by molar-refractivity contribution is 7.98. The van der Waals surface area contributed by atoms with Crippen LogP contribution in [-0.2, 0) is 32.6 Å². The Hall–Kier alpha value is -3.99. The smallest absolute Gasteiger partial charge is 0.264 e. The highest BCUT2D eigenvalue weighted by Crippen LogP contribution is 2.33. The second-order valence-electron chi connectivity index (χ2n) is 11.1. The number of unbranched alkanes of at least 4 members (excludes halogenated alkanes) is 1. The summed E-state index contributed by atoms with van der Waals surface area (Å²) in [5.74, 6) is -0.562. The van der Waals surface area contributed by atoms with Gasteiger partial charge in [-0.2, -0.15) is 0 Å². The molecule has 0 heterocycles. The molecule has 0 unspecified atom stereocenters. The number of thioether (sulfide) groups is 1. The van der Waals surface area contributed by atoms with E-state index in [1.807, 2.05) is 49.6 Å². The Bertz CT molecular complexity index is 1750. The van der Waals surface area contributed by atoms with Crippen molar-refractivity contribution in [2.45, 2.75) is 55.5 Å². The molecule has 0 aliphatic heterocycles. The lowest BCUT2D eigenvalue weighted by atomic mass is 10.0. The van der Waals surface area contributed by atoms with Crippen molar-refractivity contribution in [1.29, 1.82) is 0 Å². The van der Waals surface area contributed by atoms with Crippen LogP contribution in [0.2, 0.25) is 5.02 Å². The molecule has 4 rings (SSSR count). The lowest BCUT2D eigenvalue weighted by Gasteiger charge is -2.34. The summed E-state index contributed by atoms with van der Waals surface area (Å²) in [5, 5.41) is 3.48. The Balaban J connectivity index is 1.83. The predicted octanol–water partition coefficient (Wildman–Crippen LogP) is 7.21. The first kappa shape index (κ1) is 36.8. The minimum atomic E-state index is -4.28. The highest BCUT2D eigenvalue weighted by Gasteiger charge is 2.35. The molecule has 0 spiro atoms. The largest absolute Gasteiger partial charge is 0.492 e. The first-order valence-electron chi connectivity index (χ1n) is 15.9.